The molecule has 4 unspecified atom stereocenters. The molecule has 0 spiro atoms. The SMILES string of the molecule is CCCCC1CCCC(C)B1[C@H]1CC2CC([C@@H]1CCC)C2(C)C. The minimum Gasteiger partial charge on any atom is -0.0690 e. The molecule has 0 N–H and O–H groups in total. The lowest BCUT2D eigenvalue weighted by Crippen LogP contribution is -2.57. The van der Waals surface area contributed by atoms with Crippen LogP contribution in [0.5, 0.6) is 0 Å². The van der Waals surface area contributed by atoms with Gasteiger partial charge in [-0.3, -0.25) is 0 Å². The highest BCUT2D eigenvalue weighted by Gasteiger charge is 2.59. The fourth-order valence-electron chi connectivity index (χ4n) is 7.30. The lowest BCUT2D eigenvalue weighted by molar-refractivity contribution is -0.107. The second-order valence-electron chi connectivity index (χ2n) is 10.1. The number of hydrogen-bond donors (Lipinski definition) is 0. The van der Waals surface area contributed by atoms with Crippen LogP contribution in [0.1, 0.15) is 98.8 Å². The fourth-order valence-corrected chi connectivity index (χ4v) is 7.30. The van der Waals surface area contributed by atoms with Gasteiger partial charge in [-0.2, -0.15) is 0 Å². The van der Waals surface area contributed by atoms with E-state index in [1.807, 2.05) is 0 Å². The van der Waals surface area contributed by atoms with Crippen molar-refractivity contribution in [3.63, 3.8) is 0 Å². The largest absolute Gasteiger partial charge is 0.149 e. The van der Waals surface area contributed by atoms with Gasteiger partial charge in [-0.1, -0.05) is 110 Å². The van der Waals surface area contributed by atoms with Crippen molar-refractivity contribution in [1.29, 1.82) is 0 Å². The van der Waals surface area contributed by atoms with Crippen LogP contribution in [0.4, 0.5) is 0 Å². The molecular formula is C22H41B. The minimum atomic E-state index is 0.660. The van der Waals surface area contributed by atoms with Crippen LogP contribution in [0.3, 0.4) is 0 Å². The predicted molar refractivity (Wildman–Crippen MR) is 104 cm³/mol. The zero-order valence-corrected chi connectivity index (χ0v) is 16.6. The van der Waals surface area contributed by atoms with Gasteiger partial charge < -0.3 is 0 Å². The zero-order valence-electron chi connectivity index (χ0n) is 16.6. The van der Waals surface area contributed by atoms with Crippen molar-refractivity contribution in [2.75, 3.05) is 0 Å². The number of hydrogen-bond acceptors (Lipinski definition) is 0. The summed E-state index contributed by atoms with van der Waals surface area (Å²) in [7, 11) is 0. The molecule has 0 aromatic heterocycles. The summed E-state index contributed by atoms with van der Waals surface area (Å²) in [4.78, 5) is 0. The lowest BCUT2D eigenvalue weighted by Gasteiger charge is -2.65. The monoisotopic (exact) mass is 316 g/mol. The van der Waals surface area contributed by atoms with Crippen molar-refractivity contribution >= 4 is 6.71 Å². The average molecular weight is 316 g/mol. The molecule has 4 fully saturated rings. The van der Waals surface area contributed by atoms with Crippen LogP contribution in [-0.4, -0.2) is 6.71 Å². The van der Waals surface area contributed by atoms with E-state index in [0.717, 1.165) is 41.9 Å². The molecule has 0 radical (unpaired) electrons. The normalized spacial score (nSPS) is 42.4. The summed E-state index contributed by atoms with van der Waals surface area (Å²) in [5.74, 6) is 6.27. The lowest BCUT2D eigenvalue weighted by atomic mass is 9.19. The van der Waals surface area contributed by atoms with Crippen LogP contribution in [0, 0.1) is 23.2 Å². The molecule has 3 aliphatic carbocycles. The van der Waals surface area contributed by atoms with Crippen molar-refractivity contribution in [3.05, 3.63) is 0 Å². The summed E-state index contributed by atoms with van der Waals surface area (Å²) in [6, 6.07) is 0. The molecule has 1 heteroatoms. The summed E-state index contributed by atoms with van der Waals surface area (Å²) in [5.41, 5.74) is 0.660. The van der Waals surface area contributed by atoms with E-state index in [9.17, 15) is 0 Å². The maximum atomic E-state index is 2.61. The van der Waals surface area contributed by atoms with Crippen LogP contribution in [0.15, 0.2) is 0 Å². The van der Waals surface area contributed by atoms with E-state index in [1.165, 1.54) is 44.9 Å². The van der Waals surface area contributed by atoms with Gasteiger partial charge in [0.1, 0.15) is 6.71 Å². The molecule has 4 aliphatic rings. The molecular weight excluding hydrogens is 275 g/mol. The van der Waals surface area contributed by atoms with Gasteiger partial charge in [0.15, 0.2) is 0 Å². The van der Waals surface area contributed by atoms with Gasteiger partial charge in [0, 0.05) is 0 Å². The van der Waals surface area contributed by atoms with Gasteiger partial charge in [0.05, 0.1) is 0 Å². The maximum Gasteiger partial charge on any atom is 0.149 e. The highest BCUT2D eigenvalue weighted by atomic mass is 14.6. The Hall–Kier alpha value is 0.0649. The predicted octanol–water partition coefficient (Wildman–Crippen LogP) is 7.47. The van der Waals surface area contributed by atoms with Gasteiger partial charge in [-0.15, -0.1) is 0 Å². The molecule has 2 bridgehead atoms. The van der Waals surface area contributed by atoms with Crippen molar-refractivity contribution in [3.8, 4) is 0 Å². The van der Waals surface area contributed by atoms with Gasteiger partial charge in [-0.25, -0.2) is 0 Å². The summed E-state index contributed by atoms with van der Waals surface area (Å²) < 4.78 is 0. The molecule has 0 nitrogen and oxygen atoms in total. The highest BCUT2D eigenvalue weighted by molar-refractivity contribution is 6.64. The van der Waals surface area contributed by atoms with E-state index in [-0.39, 0.29) is 0 Å². The van der Waals surface area contributed by atoms with Gasteiger partial charge in [0.2, 0.25) is 0 Å². The second-order valence-corrected chi connectivity index (χ2v) is 10.1. The van der Waals surface area contributed by atoms with E-state index in [2.05, 4.69) is 34.6 Å². The first-order valence-corrected chi connectivity index (χ1v) is 11.0. The zero-order chi connectivity index (χ0) is 16.6. The van der Waals surface area contributed by atoms with Gasteiger partial charge in [-0.05, 0) is 29.6 Å². The van der Waals surface area contributed by atoms with E-state index in [0.29, 0.717) is 5.41 Å². The molecule has 1 heterocycles. The number of fused-ring (bicyclic) bond motifs is 2. The van der Waals surface area contributed by atoms with Crippen molar-refractivity contribution in [2.45, 2.75) is 116 Å². The third-order valence-electron chi connectivity index (χ3n) is 8.65. The Balaban J connectivity index is 1.79. The fraction of sp³-hybridized carbons (Fsp3) is 1.00. The topological polar surface area (TPSA) is 0 Å². The minimum absolute atomic E-state index is 0.660. The summed E-state index contributed by atoms with van der Waals surface area (Å²) in [6.07, 6.45) is 15.0. The van der Waals surface area contributed by atoms with E-state index < -0.39 is 0 Å². The Morgan fingerprint density at radius 3 is 2.43 bits per heavy atom. The van der Waals surface area contributed by atoms with Crippen LogP contribution in [-0.2, 0) is 0 Å². The Labute approximate surface area is 146 Å². The Morgan fingerprint density at radius 1 is 1.00 bits per heavy atom. The van der Waals surface area contributed by atoms with E-state index in [4.69, 9.17) is 0 Å². The molecule has 3 saturated carbocycles. The third-order valence-corrected chi connectivity index (χ3v) is 8.65. The summed E-state index contributed by atoms with van der Waals surface area (Å²) >= 11 is 0. The van der Waals surface area contributed by atoms with Crippen molar-refractivity contribution in [2.24, 2.45) is 23.2 Å². The molecule has 23 heavy (non-hydrogen) atoms. The van der Waals surface area contributed by atoms with Crippen LogP contribution >= 0.6 is 0 Å². The Bertz CT molecular complexity index is 387. The molecule has 1 saturated heterocycles. The first-order valence-electron chi connectivity index (χ1n) is 11.0. The number of unbranched alkanes of at least 4 members (excludes halogenated alkanes) is 1. The van der Waals surface area contributed by atoms with Crippen LogP contribution < -0.4 is 0 Å². The van der Waals surface area contributed by atoms with Crippen LogP contribution in [0.25, 0.3) is 0 Å². The second kappa shape index (κ2) is 7.13. The smallest absolute Gasteiger partial charge is 0.0690 e. The van der Waals surface area contributed by atoms with Crippen LogP contribution in [0.2, 0.25) is 17.5 Å². The summed E-state index contributed by atoms with van der Waals surface area (Å²) in [5, 5.41) is 0. The first-order chi connectivity index (χ1) is 11.0. The summed E-state index contributed by atoms with van der Waals surface area (Å²) in [6.45, 7) is 13.6. The van der Waals surface area contributed by atoms with Crippen molar-refractivity contribution in [1.82, 2.24) is 0 Å². The molecule has 132 valence electrons. The molecule has 4 rings (SSSR count). The molecule has 0 aromatic carbocycles. The quantitative estimate of drug-likeness (QED) is 0.446. The molecule has 0 aromatic rings. The Kier molecular flexibility index (Phi) is 5.54. The number of rotatable bonds is 6. The molecule has 0 amide bonds. The average Bonchev–Trinajstić information content (AvgIpc) is 2.53. The van der Waals surface area contributed by atoms with Gasteiger partial charge >= 0.3 is 0 Å². The molecule has 6 atom stereocenters. The van der Waals surface area contributed by atoms with Crippen molar-refractivity contribution < 1.29 is 0 Å². The highest BCUT2D eigenvalue weighted by Crippen LogP contribution is 2.68. The van der Waals surface area contributed by atoms with E-state index >= 15 is 0 Å². The van der Waals surface area contributed by atoms with E-state index in [1.54, 1.807) is 19.3 Å². The standard InChI is InChI=1S/C22H41B/c1-6-8-12-18-13-9-11-16(3)23(18)21-15-17-14-20(22(17,4)5)19(21)10-7-2/h16-21H,6-15H2,1-5H3/t16?,17?,18?,19-,20?,21-/m0/s1. The first kappa shape index (κ1) is 17.9. The molecule has 1 aliphatic heterocycles. The van der Waals surface area contributed by atoms with Gasteiger partial charge in [0.25, 0.3) is 0 Å². The maximum absolute atomic E-state index is 2.61. The third kappa shape index (κ3) is 3.15. The Morgan fingerprint density at radius 2 is 1.78 bits per heavy atom.